The fourth-order valence-electron chi connectivity index (χ4n) is 1.68. The van der Waals surface area contributed by atoms with E-state index in [0.29, 0.717) is 6.54 Å². The van der Waals surface area contributed by atoms with Gasteiger partial charge in [0.2, 0.25) is 0 Å². The Morgan fingerprint density at radius 1 is 1.00 bits per heavy atom. The van der Waals surface area contributed by atoms with Crippen molar-refractivity contribution in [3.8, 4) is 11.5 Å². The van der Waals surface area contributed by atoms with Crippen molar-refractivity contribution in [3.63, 3.8) is 0 Å². The molecule has 2 aromatic carbocycles. The van der Waals surface area contributed by atoms with Gasteiger partial charge in [-0.3, -0.25) is 0 Å². The second kappa shape index (κ2) is 5.55. The molecule has 0 aliphatic heterocycles. The highest BCUT2D eigenvalue weighted by molar-refractivity contribution is 9.10. The molecule has 2 nitrogen and oxygen atoms in total. The predicted molar refractivity (Wildman–Crippen MR) is 78.0 cm³/mol. The molecule has 0 radical (unpaired) electrons. The average Bonchev–Trinajstić information content (AvgIpc) is 2.36. The number of hydrogen-bond acceptors (Lipinski definition) is 2. The minimum Gasteiger partial charge on any atom is -0.457 e. The maximum atomic E-state index is 5.98. The van der Waals surface area contributed by atoms with Crippen molar-refractivity contribution in [2.24, 2.45) is 5.73 Å². The number of nitrogens with two attached hydrogens (primary N) is 1. The Labute approximate surface area is 116 Å². The van der Waals surface area contributed by atoms with Gasteiger partial charge < -0.3 is 10.5 Å². The molecule has 0 saturated carbocycles. The Morgan fingerprint density at radius 3 is 2.28 bits per heavy atom. The van der Waals surface area contributed by atoms with Crippen LogP contribution >= 0.6 is 15.9 Å². The zero-order valence-corrected chi connectivity index (χ0v) is 12.1. The molecule has 18 heavy (non-hydrogen) atoms. The Balaban J connectivity index is 2.36. The summed E-state index contributed by atoms with van der Waals surface area (Å²) in [6, 6.07) is 12.1. The molecule has 0 aromatic heterocycles. The lowest BCUT2D eigenvalue weighted by atomic mass is 10.1. The first kappa shape index (κ1) is 13.1. The van der Waals surface area contributed by atoms with Crippen LogP contribution in [0.2, 0.25) is 0 Å². The first-order chi connectivity index (χ1) is 8.60. The van der Waals surface area contributed by atoms with Gasteiger partial charge in [-0.25, -0.2) is 0 Å². The van der Waals surface area contributed by atoms with Crippen LogP contribution in [0.5, 0.6) is 11.5 Å². The van der Waals surface area contributed by atoms with Crippen molar-refractivity contribution in [1.29, 1.82) is 0 Å². The molecule has 2 aromatic rings. The number of halogens is 1. The van der Waals surface area contributed by atoms with E-state index < -0.39 is 0 Å². The van der Waals surface area contributed by atoms with E-state index in [9.17, 15) is 0 Å². The van der Waals surface area contributed by atoms with E-state index in [1.807, 2.05) is 50.2 Å². The Bertz CT molecular complexity index is 566. The van der Waals surface area contributed by atoms with Gasteiger partial charge in [-0.15, -0.1) is 0 Å². The van der Waals surface area contributed by atoms with Crippen molar-refractivity contribution >= 4 is 15.9 Å². The number of rotatable bonds is 3. The van der Waals surface area contributed by atoms with E-state index in [2.05, 4.69) is 15.9 Å². The van der Waals surface area contributed by atoms with Crippen molar-refractivity contribution in [1.82, 2.24) is 0 Å². The molecule has 0 bridgehead atoms. The van der Waals surface area contributed by atoms with Gasteiger partial charge in [0.15, 0.2) is 0 Å². The van der Waals surface area contributed by atoms with Crippen molar-refractivity contribution in [2.75, 3.05) is 0 Å². The third kappa shape index (κ3) is 2.92. The maximum Gasteiger partial charge on any atom is 0.131 e. The summed E-state index contributed by atoms with van der Waals surface area (Å²) >= 11 is 3.46. The van der Waals surface area contributed by atoms with Crippen molar-refractivity contribution in [3.05, 3.63) is 57.6 Å². The van der Waals surface area contributed by atoms with Crippen LogP contribution in [0.15, 0.2) is 40.9 Å². The molecule has 0 spiro atoms. The molecule has 0 amide bonds. The number of hydrogen-bond donors (Lipinski definition) is 1. The molecule has 94 valence electrons. The first-order valence-corrected chi connectivity index (χ1v) is 6.63. The van der Waals surface area contributed by atoms with Crippen LogP contribution in [-0.4, -0.2) is 0 Å². The summed E-state index contributed by atoms with van der Waals surface area (Å²) in [5.41, 5.74) is 8.94. The Hall–Kier alpha value is -1.32. The standard InChI is InChI=1S/C15H16BrNO/c1-10-3-5-12(9-17)7-14(10)18-15-8-13(16)6-4-11(15)2/h3-8H,9,17H2,1-2H3. The quantitative estimate of drug-likeness (QED) is 0.916. The second-order valence-electron chi connectivity index (χ2n) is 4.32. The van der Waals surface area contributed by atoms with E-state index in [0.717, 1.165) is 32.7 Å². The van der Waals surface area contributed by atoms with Crippen LogP contribution in [0, 0.1) is 13.8 Å². The van der Waals surface area contributed by atoms with Gasteiger partial charge in [0.05, 0.1) is 0 Å². The first-order valence-electron chi connectivity index (χ1n) is 5.84. The molecular formula is C15H16BrNO. The van der Waals surface area contributed by atoms with Gasteiger partial charge >= 0.3 is 0 Å². The number of aryl methyl sites for hydroxylation is 2. The number of benzene rings is 2. The Morgan fingerprint density at radius 2 is 1.61 bits per heavy atom. The zero-order chi connectivity index (χ0) is 13.1. The molecule has 0 unspecified atom stereocenters. The van der Waals surface area contributed by atoms with Crippen LogP contribution in [0.3, 0.4) is 0 Å². The highest BCUT2D eigenvalue weighted by Crippen LogP contribution is 2.30. The second-order valence-corrected chi connectivity index (χ2v) is 5.23. The minimum atomic E-state index is 0.522. The van der Waals surface area contributed by atoms with E-state index in [-0.39, 0.29) is 0 Å². The molecule has 0 aliphatic rings. The highest BCUT2D eigenvalue weighted by atomic mass is 79.9. The lowest BCUT2D eigenvalue weighted by Crippen LogP contribution is -1.98. The van der Waals surface area contributed by atoms with Gasteiger partial charge in [0.25, 0.3) is 0 Å². The monoisotopic (exact) mass is 305 g/mol. The third-order valence-electron chi connectivity index (χ3n) is 2.86. The highest BCUT2D eigenvalue weighted by Gasteiger charge is 2.06. The lowest BCUT2D eigenvalue weighted by molar-refractivity contribution is 0.474. The lowest BCUT2D eigenvalue weighted by Gasteiger charge is -2.12. The minimum absolute atomic E-state index is 0.522. The van der Waals surface area contributed by atoms with Crippen LogP contribution in [-0.2, 0) is 6.54 Å². The van der Waals surface area contributed by atoms with E-state index >= 15 is 0 Å². The number of ether oxygens (including phenoxy) is 1. The van der Waals surface area contributed by atoms with Crippen LogP contribution in [0.25, 0.3) is 0 Å². The zero-order valence-electron chi connectivity index (χ0n) is 10.5. The predicted octanol–water partition coefficient (Wildman–Crippen LogP) is 4.32. The summed E-state index contributed by atoms with van der Waals surface area (Å²) in [5.74, 6) is 1.72. The smallest absolute Gasteiger partial charge is 0.131 e. The van der Waals surface area contributed by atoms with Crippen molar-refractivity contribution in [2.45, 2.75) is 20.4 Å². The summed E-state index contributed by atoms with van der Waals surface area (Å²) in [4.78, 5) is 0. The van der Waals surface area contributed by atoms with E-state index in [1.54, 1.807) is 0 Å². The molecule has 0 heterocycles. The summed E-state index contributed by atoms with van der Waals surface area (Å²) in [5, 5.41) is 0. The van der Waals surface area contributed by atoms with Gasteiger partial charge in [-0.1, -0.05) is 34.1 Å². The van der Waals surface area contributed by atoms with Gasteiger partial charge in [-0.2, -0.15) is 0 Å². The molecule has 2 N–H and O–H groups in total. The largest absolute Gasteiger partial charge is 0.457 e. The van der Waals surface area contributed by atoms with Gasteiger partial charge in [-0.05, 0) is 48.7 Å². The SMILES string of the molecule is Cc1ccc(Br)cc1Oc1cc(CN)ccc1C. The molecule has 0 aliphatic carbocycles. The molecule has 3 heteroatoms. The fourth-order valence-corrected chi connectivity index (χ4v) is 2.02. The molecule has 0 atom stereocenters. The van der Waals surface area contributed by atoms with Gasteiger partial charge in [0, 0.05) is 11.0 Å². The fraction of sp³-hybridized carbons (Fsp3) is 0.200. The molecular weight excluding hydrogens is 290 g/mol. The van der Waals surface area contributed by atoms with E-state index in [1.165, 1.54) is 0 Å². The summed E-state index contributed by atoms with van der Waals surface area (Å²) in [7, 11) is 0. The van der Waals surface area contributed by atoms with Crippen LogP contribution in [0.4, 0.5) is 0 Å². The summed E-state index contributed by atoms with van der Waals surface area (Å²) < 4.78 is 6.99. The van der Waals surface area contributed by atoms with Gasteiger partial charge in [0.1, 0.15) is 11.5 Å². The van der Waals surface area contributed by atoms with Crippen LogP contribution < -0.4 is 10.5 Å². The normalized spacial score (nSPS) is 10.4. The molecule has 2 rings (SSSR count). The summed E-state index contributed by atoms with van der Waals surface area (Å²) in [6.07, 6.45) is 0. The average molecular weight is 306 g/mol. The topological polar surface area (TPSA) is 35.2 Å². The van der Waals surface area contributed by atoms with Crippen LogP contribution in [0.1, 0.15) is 16.7 Å². The van der Waals surface area contributed by atoms with Crippen molar-refractivity contribution < 1.29 is 4.74 Å². The molecule has 0 saturated heterocycles. The Kier molecular flexibility index (Phi) is 4.04. The third-order valence-corrected chi connectivity index (χ3v) is 3.35. The maximum absolute atomic E-state index is 5.98. The van der Waals surface area contributed by atoms with E-state index in [4.69, 9.17) is 10.5 Å². The molecule has 0 fully saturated rings. The summed E-state index contributed by atoms with van der Waals surface area (Å²) in [6.45, 7) is 4.58.